The summed E-state index contributed by atoms with van der Waals surface area (Å²) < 4.78 is 0.437. The Labute approximate surface area is 496 Å². The van der Waals surface area contributed by atoms with Crippen LogP contribution in [-0.2, 0) is 59.3 Å². The summed E-state index contributed by atoms with van der Waals surface area (Å²) in [6, 6.07) is 0.485. The van der Waals surface area contributed by atoms with Gasteiger partial charge in [-0.2, -0.15) is 4.98 Å². The van der Waals surface area contributed by atoms with Gasteiger partial charge in [0.25, 0.3) is 11.5 Å². The zero-order chi connectivity index (χ0) is 63.5. The molecule has 0 aliphatic rings. The number of aliphatic carboxylic acids is 5. The van der Waals surface area contributed by atoms with Gasteiger partial charge in [0.2, 0.25) is 23.7 Å². The van der Waals surface area contributed by atoms with Crippen molar-refractivity contribution >= 4 is 138 Å². The van der Waals surface area contributed by atoms with Crippen molar-refractivity contribution in [3.63, 3.8) is 0 Å². The normalized spacial score (nSPS) is 13.0. The van der Waals surface area contributed by atoms with Crippen LogP contribution in [0.2, 0.25) is 0 Å². The number of Topliss-reactive ketones (excluding diaryl/α,β-unsaturated/α-hetero) is 3. The van der Waals surface area contributed by atoms with Gasteiger partial charge in [0.05, 0.1) is 67.5 Å². The van der Waals surface area contributed by atoms with Crippen LogP contribution in [0, 0.1) is 17.8 Å². The predicted molar refractivity (Wildman–Crippen MR) is 310 cm³/mol. The molecule has 6 atom stereocenters. The van der Waals surface area contributed by atoms with Crippen LogP contribution in [0.3, 0.4) is 0 Å². The molecule has 3 aromatic rings. The minimum Gasteiger partial charge on any atom is -0.481 e. The summed E-state index contributed by atoms with van der Waals surface area (Å²) in [5.74, 6) is -20.4. The first-order valence-electron chi connectivity index (χ1n) is 26.0. The number of nitrogens with one attached hydrogen (secondary N) is 6. The zero-order valence-electron chi connectivity index (χ0n) is 45.9. The van der Waals surface area contributed by atoms with E-state index in [0.717, 1.165) is 21.6 Å². The number of guanidine groups is 1. The van der Waals surface area contributed by atoms with Crippen LogP contribution in [0.5, 0.6) is 0 Å². The van der Waals surface area contributed by atoms with E-state index in [1.54, 1.807) is 0 Å². The maximum Gasteiger partial charge on any atom is 0.326 e. The molecule has 4 amide bonds. The van der Waals surface area contributed by atoms with E-state index in [2.05, 4.69) is 51.5 Å². The number of thiocarbonyl (C=S) groups is 1. The molecule has 0 unspecified atom stereocenters. The molecule has 85 heavy (non-hydrogen) atoms. The molecule has 0 spiro atoms. The number of carbonyl (C=O) groups excluding carboxylic acids is 7. The number of carbonyl (C=O) groups is 12. The van der Waals surface area contributed by atoms with Gasteiger partial charge in [0.1, 0.15) is 22.7 Å². The number of hydrogen-bond donors (Lipinski definition) is 14. The topological polar surface area (TPSA) is 531 Å². The van der Waals surface area contributed by atoms with Gasteiger partial charge in [0.15, 0.2) is 28.7 Å². The number of benzene rings is 1. The smallest absolute Gasteiger partial charge is 0.326 e. The summed E-state index contributed by atoms with van der Waals surface area (Å²) in [7, 11) is 2.14. The summed E-state index contributed by atoms with van der Waals surface area (Å²) in [5.41, 5.74) is 16.6. The highest BCUT2D eigenvalue weighted by Gasteiger charge is 2.36. The van der Waals surface area contributed by atoms with Crippen molar-refractivity contribution in [2.24, 2.45) is 34.2 Å². The maximum atomic E-state index is 14.1. The molecule has 35 heteroatoms. The molecular weight excluding hydrogens is 1180 g/mol. The Kier molecular flexibility index (Phi) is 29.3. The number of carboxylic acids is 5. The number of hydrogen-bond acceptors (Lipinski definition) is 22. The Morgan fingerprint density at radius 1 is 0.718 bits per heavy atom. The van der Waals surface area contributed by atoms with Crippen molar-refractivity contribution < 1.29 is 83.1 Å². The highest BCUT2D eigenvalue weighted by Crippen LogP contribution is 2.29. The predicted octanol–water partition coefficient (Wildman–Crippen LogP) is -0.747. The van der Waals surface area contributed by atoms with E-state index >= 15 is 0 Å². The average molecular weight is 1250 g/mol. The van der Waals surface area contributed by atoms with E-state index in [-0.39, 0.29) is 60.3 Å². The second-order valence-corrected chi connectivity index (χ2v) is 21.7. The number of aromatic amines is 1. The fraction of sp³-hybridized carbons (Fsp3) is 0.480. The van der Waals surface area contributed by atoms with Crippen LogP contribution in [0.1, 0.15) is 94.1 Å². The van der Waals surface area contributed by atoms with Gasteiger partial charge in [-0.1, -0.05) is 23.0 Å². The molecule has 17 N–H and O–H groups in total. The van der Waals surface area contributed by atoms with Crippen molar-refractivity contribution in [1.82, 2.24) is 46.1 Å². The quantitative estimate of drug-likeness (QED) is 0.0110. The van der Waals surface area contributed by atoms with Gasteiger partial charge in [0, 0.05) is 62.3 Å². The van der Waals surface area contributed by atoms with E-state index < -0.39 is 170 Å². The van der Waals surface area contributed by atoms with Gasteiger partial charge < -0.3 is 74.2 Å². The number of carboxylic acid groups (broad SMARTS) is 5. The number of ketones is 3. The number of rotatable bonds is 39. The van der Waals surface area contributed by atoms with Gasteiger partial charge in [-0.3, -0.25) is 67.5 Å². The zero-order valence-corrected chi connectivity index (χ0v) is 48.4. The highest BCUT2D eigenvalue weighted by atomic mass is 33.1. The Bertz CT molecular complexity index is 3050. The third-order valence-electron chi connectivity index (χ3n) is 12.3. The second kappa shape index (κ2) is 35.3. The minimum atomic E-state index is -1.92. The largest absolute Gasteiger partial charge is 0.481 e. The first-order chi connectivity index (χ1) is 40.1. The monoisotopic (exact) mass is 1250 g/mol. The van der Waals surface area contributed by atoms with Crippen molar-refractivity contribution in [1.29, 1.82) is 0 Å². The Morgan fingerprint density at radius 3 is 1.88 bits per heavy atom. The fourth-order valence-corrected chi connectivity index (χ4v) is 10.9. The molecular formula is C50H66N14O18S3. The van der Waals surface area contributed by atoms with Crippen LogP contribution in [0.25, 0.3) is 11.2 Å². The lowest BCUT2D eigenvalue weighted by atomic mass is 9.90. The van der Waals surface area contributed by atoms with E-state index in [4.69, 9.17) is 34.5 Å². The second-order valence-electron chi connectivity index (χ2n) is 18.8. The highest BCUT2D eigenvalue weighted by molar-refractivity contribution is 8.83. The number of H-pyrrole nitrogens is 1. The van der Waals surface area contributed by atoms with Crippen LogP contribution >= 0.6 is 33.8 Å². The molecule has 0 aliphatic carbocycles. The summed E-state index contributed by atoms with van der Waals surface area (Å²) in [6.07, 6.45) is -5.87. The lowest BCUT2D eigenvalue weighted by Gasteiger charge is -2.25. The lowest BCUT2D eigenvalue weighted by Crippen LogP contribution is -2.49. The summed E-state index contributed by atoms with van der Waals surface area (Å²) in [4.78, 5) is 187. The standard InChI is InChI=1S/C50H66N14O18S3/c1-3-64(4-2)50(83)85-84-23-27(42(76)57-22-39(74)75)16-35(67)33(19-38(72)73)61-45(79)26(18-37(70)71)15-34(66)31(6-5-13-54-48(51)52)59-44(78)25(17-36(68)69)14-30(65)11-12-32(47(81)82)60-43(77)24-7-9-28(10-8-24)55-20-29-21-56-41-40(58-29)46(80)63-49(53)62-41/h7-10,21,25-27,31-33,55H,3-6,11-20,22-23H2,1-2H3,(H,57,76)(H,59,78)(H,60,77)(H,61,79)(H,68,69)(H,70,71)(H,72,73)(H,74,75)(H,81,82)(H4,51,52,54)(H3,53,56,62,63,80)/t25-,26-,27+,31-,32-,33-/m0/s1. The van der Waals surface area contributed by atoms with Crippen LogP contribution < -0.4 is 49.3 Å². The number of amides is 4. The van der Waals surface area contributed by atoms with E-state index in [9.17, 15) is 82.8 Å². The Balaban J connectivity index is 1.75. The average Bonchev–Trinajstić information content (AvgIpc) is 3.51. The summed E-state index contributed by atoms with van der Waals surface area (Å²) >= 11 is 5.41. The SMILES string of the molecule is CCN(CC)C(=S)SSC[C@@H](CC(=O)[C@H](CC(=O)O)NC(=O)[C@H](CC(=O)O)CC(=O)[C@H](CCCN=C(N)N)NC(=O)[C@H](CC(=O)O)CC(=O)CC[C@H](NC(=O)c1ccc(NCc2cnc3nc(N)[nH]c(=O)c3n2)cc1)C(=O)O)C(=O)NCC(=O)O. The van der Waals surface area contributed by atoms with Crippen molar-refractivity contribution in [2.45, 2.75) is 103 Å². The molecule has 1 aromatic carbocycles. The van der Waals surface area contributed by atoms with E-state index in [1.807, 2.05) is 18.7 Å². The number of anilines is 2. The van der Waals surface area contributed by atoms with E-state index in [1.165, 1.54) is 30.5 Å². The van der Waals surface area contributed by atoms with Crippen LogP contribution in [0.15, 0.2) is 40.2 Å². The number of aromatic nitrogens is 4. The third kappa shape index (κ3) is 25.3. The first-order valence-corrected chi connectivity index (χ1v) is 28.7. The molecule has 462 valence electrons. The molecule has 0 fully saturated rings. The summed E-state index contributed by atoms with van der Waals surface area (Å²) in [5, 5.41) is 60.4. The van der Waals surface area contributed by atoms with Crippen molar-refractivity contribution in [2.75, 3.05) is 43.0 Å². The Morgan fingerprint density at radius 2 is 1.31 bits per heavy atom. The van der Waals surface area contributed by atoms with Gasteiger partial charge in [-0.05, 0) is 68.2 Å². The Hall–Kier alpha value is -8.86. The number of nitrogens with two attached hydrogens (primary N) is 3. The van der Waals surface area contributed by atoms with Gasteiger partial charge in [-0.25, -0.2) is 14.8 Å². The molecule has 0 aliphatic heterocycles. The fourth-order valence-electron chi connectivity index (χ4n) is 7.93. The lowest BCUT2D eigenvalue weighted by molar-refractivity contribution is -0.144. The number of aliphatic imine (C=N–C) groups is 1. The van der Waals surface area contributed by atoms with Crippen LogP contribution in [-0.4, -0.2) is 182 Å². The molecule has 0 saturated heterocycles. The molecule has 2 heterocycles. The molecule has 0 saturated carbocycles. The van der Waals surface area contributed by atoms with Gasteiger partial charge >= 0.3 is 29.8 Å². The molecule has 2 aromatic heterocycles. The van der Waals surface area contributed by atoms with Crippen molar-refractivity contribution in [3.05, 3.63) is 52.1 Å². The third-order valence-corrected chi connectivity index (χ3v) is 15.4. The summed E-state index contributed by atoms with van der Waals surface area (Å²) in [6.45, 7) is 3.94. The molecule has 32 nitrogen and oxygen atoms in total. The van der Waals surface area contributed by atoms with Crippen molar-refractivity contribution in [3.8, 4) is 0 Å². The number of nitrogen functional groups attached to an aromatic ring is 1. The first kappa shape index (κ1) is 70.4. The molecule has 0 bridgehead atoms. The number of fused-ring (bicyclic) bond motifs is 1. The maximum absolute atomic E-state index is 14.1. The molecule has 3 rings (SSSR count). The molecule has 0 radical (unpaired) electrons. The number of nitrogens with zero attached hydrogens (tertiary/aromatic N) is 5. The minimum absolute atomic E-state index is 0.0118. The van der Waals surface area contributed by atoms with E-state index in [0.29, 0.717) is 28.8 Å². The van der Waals surface area contributed by atoms with Gasteiger partial charge in [-0.15, -0.1) is 0 Å². The van der Waals surface area contributed by atoms with Crippen LogP contribution in [0.4, 0.5) is 11.6 Å².